The van der Waals surface area contributed by atoms with E-state index in [0.29, 0.717) is 30.8 Å². The number of primary amides is 1. The number of fused-ring (bicyclic) bond motifs is 1. The Bertz CT molecular complexity index is 1590. The first-order valence-corrected chi connectivity index (χ1v) is 14.8. The number of halogens is 3. The van der Waals surface area contributed by atoms with Gasteiger partial charge in [-0.25, -0.2) is 9.48 Å². The lowest BCUT2D eigenvalue weighted by Gasteiger charge is -2.38. The Balaban J connectivity index is 1.67. The first kappa shape index (κ1) is 30.4. The maximum atomic E-state index is 14.1. The molecule has 6 nitrogen and oxygen atoms in total. The van der Waals surface area contributed by atoms with Crippen LogP contribution in [0.3, 0.4) is 0 Å². The van der Waals surface area contributed by atoms with Gasteiger partial charge in [0.05, 0.1) is 22.6 Å². The van der Waals surface area contributed by atoms with Crippen molar-refractivity contribution < 1.29 is 18.0 Å². The zero-order valence-corrected chi connectivity index (χ0v) is 25.0. The Morgan fingerprint density at radius 3 is 2.21 bits per heavy atom. The number of carbonyl (C=O) groups is 1. The Morgan fingerprint density at radius 1 is 0.977 bits per heavy atom. The van der Waals surface area contributed by atoms with Gasteiger partial charge in [0.25, 0.3) is 0 Å². The average molecular weight is 590 g/mol. The van der Waals surface area contributed by atoms with Crippen LogP contribution in [0.4, 0.5) is 23.7 Å². The largest absolute Gasteiger partial charge is 0.416 e. The van der Waals surface area contributed by atoms with Gasteiger partial charge in [0.15, 0.2) is 0 Å². The van der Waals surface area contributed by atoms with Gasteiger partial charge >= 0.3 is 12.2 Å². The second-order valence-corrected chi connectivity index (χ2v) is 11.4. The number of anilines is 1. The number of urea groups is 1. The first-order valence-electron chi connectivity index (χ1n) is 14.8. The third-order valence-electron chi connectivity index (χ3n) is 8.28. The summed E-state index contributed by atoms with van der Waals surface area (Å²) in [6, 6.07) is 18.6. The van der Waals surface area contributed by atoms with Crippen LogP contribution in [0.15, 0.2) is 66.7 Å². The summed E-state index contributed by atoms with van der Waals surface area (Å²) in [6.45, 7) is 9.25. The van der Waals surface area contributed by atoms with E-state index in [1.807, 2.05) is 30.7 Å². The first-order chi connectivity index (χ1) is 20.5. The van der Waals surface area contributed by atoms with Gasteiger partial charge < -0.3 is 11.1 Å². The average Bonchev–Trinajstić information content (AvgIpc) is 3.35. The van der Waals surface area contributed by atoms with Crippen molar-refractivity contribution in [2.45, 2.75) is 65.7 Å². The molecule has 0 saturated heterocycles. The number of amides is 2. The van der Waals surface area contributed by atoms with Gasteiger partial charge in [0.2, 0.25) is 0 Å². The highest BCUT2D eigenvalue weighted by atomic mass is 19.4. The lowest BCUT2D eigenvalue weighted by molar-refractivity contribution is -0.139. The summed E-state index contributed by atoms with van der Waals surface area (Å²) in [5.74, 6) is -0.0600. The lowest BCUT2D eigenvalue weighted by Crippen LogP contribution is -2.37. The predicted molar refractivity (Wildman–Crippen MR) is 164 cm³/mol. The molecule has 43 heavy (non-hydrogen) atoms. The predicted octanol–water partition coefficient (Wildman–Crippen LogP) is 7.93. The Labute approximate surface area is 250 Å². The lowest BCUT2D eigenvalue weighted by atomic mass is 9.88. The van der Waals surface area contributed by atoms with Crippen LogP contribution in [0.1, 0.15) is 67.2 Å². The SMILES string of the molecule is CCc1cccc(CC)c1-n1nc2c(c1-c1ccc(NC(N)=O)cc1)CN(C(c1ccccc1C(F)(F)F)C(C)C)CC2. The molecule has 3 aromatic carbocycles. The van der Waals surface area contributed by atoms with Gasteiger partial charge in [-0.1, -0.05) is 76.2 Å². The van der Waals surface area contributed by atoms with Crippen LogP contribution < -0.4 is 11.1 Å². The van der Waals surface area contributed by atoms with Crippen LogP contribution in [-0.2, 0) is 32.0 Å². The summed E-state index contributed by atoms with van der Waals surface area (Å²) in [6.07, 6.45) is -2.18. The maximum absolute atomic E-state index is 14.1. The van der Waals surface area contributed by atoms with Crippen LogP contribution in [0.5, 0.6) is 0 Å². The fourth-order valence-corrected chi connectivity index (χ4v) is 6.42. The van der Waals surface area contributed by atoms with Crippen LogP contribution >= 0.6 is 0 Å². The molecule has 0 spiro atoms. The van der Waals surface area contributed by atoms with Crippen molar-refractivity contribution in [3.8, 4) is 16.9 Å². The van der Waals surface area contributed by atoms with Gasteiger partial charge in [-0.2, -0.15) is 18.3 Å². The van der Waals surface area contributed by atoms with Gasteiger partial charge in [0.1, 0.15) is 0 Å². The van der Waals surface area contributed by atoms with Gasteiger partial charge in [-0.3, -0.25) is 4.90 Å². The number of nitrogens with zero attached hydrogens (tertiary/aromatic N) is 3. The van der Waals surface area contributed by atoms with Crippen molar-refractivity contribution in [1.29, 1.82) is 0 Å². The van der Waals surface area contributed by atoms with Crippen LogP contribution in [0, 0.1) is 5.92 Å². The minimum atomic E-state index is -4.44. The highest BCUT2D eigenvalue weighted by Gasteiger charge is 2.39. The molecule has 0 radical (unpaired) electrons. The van der Waals surface area contributed by atoms with E-state index in [2.05, 4.69) is 42.3 Å². The monoisotopic (exact) mass is 589 g/mol. The molecule has 3 N–H and O–H groups in total. The van der Waals surface area contributed by atoms with E-state index < -0.39 is 23.8 Å². The van der Waals surface area contributed by atoms with E-state index in [4.69, 9.17) is 10.8 Å². The Kier molecular flexibility index (Phi) is 8.64. The van der Waals surface area contributed by atoms with Gasteiger partial charge in [0, 0.05) is 42.4 Å². The van der Waals surface area contributed by atoms with E-state index in [0.717, 1.165) is 41.0 Å². The number of nitrogens with one attached hydrogen (secondary N) is 1. The van der Waals surface area contributed by atoms with E-state index in [1.54, 1.807) is 24.3 Å². The molecule has 4 aromatic rings. The van der Waals surface area contributed by atoms with E-state index in [9.17, 15) is 18.0 Å². The van der Waals surface area contributed by atoms with Crippen molar-refractivity contribution in [3.05, 3.63) is 100 Å². The topological polar surface area (TPSA) is 76.2 Å². The molecule has 1 aliphatic rings. The molecule has 0 saturated carbocycles. The maximum Gasteiger partial charge on any atom is 0.416 e. The molecule has 5 rings (SSSR count). The van der Waals surface area contributed by atoms with Crippen LogP contribution in [0.25, 0.3) is 16.9 Å². The molecule has 1 aliphatic heterocycles. The number of aromatic nitrogens is 2. The number of benzene rings is 3. The number of para-hydroxylation sites is 1. The standard InChI is InChI=1S/C34H38F3N5O/c1-5-22-10-9-11-23(6-2)31(22)42-32(24-14-16-25(17-15-24)39-33(38)43)27-20-41(19-18-29(27)40-42)30(21(3)4)26-12-7-8-13-28(26)34(35,36)37/h7-17,21,30H,5-6,18-20H2,1-4H3,(H3,38,39,43). The number of hydrogen-bond donors (Lipinski definition) is 2. The molecule has 0 bridgehead atoms. The quantitative estimate of drug-likeness (QED) is 0.219. The third-order valence-corrected chi connectivity index (χ3v) is 8.28. The summed E-state index contributed by atoms with van der Waals surface area (Å²) >= 11 is 0. The molecular formula is C34H38F3N5O. The smallest absolute Gasteiger partial charge is 0.351 e. The molecular weight excluding hydrogens is 551 g/mol. The summed E-state index contributed by atoms with van der Waals surface area (Å²) in [4.78, 5) is 13.6. The van der Waals surface area contributed by atoms with Crippen molar-refractivity contribution in [2.24, 2.45) is 11.7 Å². The Morgan fingerprint density at radius 2 is 1.63 bits per heavy atom. The second kappa shape index (κ2) is 12.2. The molecule has 1 atom stereocenters. The fraction of sp³-hybridized carbons (Fsp3) is 0.353. The van der Waals surface area contributed by atoms with E-state index >= 15 is 0 Å². The highest BCUT2D eigenvalue weighted by molar-refractivity contribution is 5.88. The minimum absolute atomic E-state index is 0.0600. The summed E-state index contributed by atoms with van der Waals surface area (Å²) in [5, 5.41) is 7.78. The number of carbonyl (C=O) groups excluding carboxylic acids is 1. The molecule has 226 valence electrons. The molecule has 9 heteroatoms. The Hall–Kier alpha value is -4.11. The summed E-state index contributed by atoms with van der Waals surface area (Å²) < 4.78 is 44.5. The van der Waals surface area contributed by atoms with Crippen molar-refractivity contribution in [3.63, 3.8) is 0 Å². The fourth-order valence-electron chi connectivity index (χ4n) is 6.42. The van der Waals surface area contributed by atoms with Crippen LogP contribution in [0.2, 0.25) is 0 Å². The molecule has 1 unspecified atom stereocenters. The van der Waals surface area contributed by atoms with Gasteiger partial charge in [-0.05, 0) is 53.6 Å². The molecule has 2 amide bonds. The number of alkyl halides is 3. The number of nitrogens with two attached hydrogens (primary N) is 1. The zero-order chi connectivity index (χ0) is 30.9. The molecule has 0 fully saturated rings. The van der Waals surface area contributed by atoms with Crippen LogP contribution in [-0.4, -0.2) is 27.3 Å². The molecule has 1 aromatic heterocycles. The normalized spacial score (nSPS) is 14.5. The summed E-state index contributed by atoms with van der Waals surface area (Å²) in [5.41, 5.74) is 12.8. The van der Waals surface area contributed by atoms with E-state index in [1.165, 1.54) is 23.3 Å². The van der Waals surface area contributed by atoms with Crippen molar-refractivity contribution >= 4 is 11.7 Å². The minimum Gasteiger partial charge on any atom is -0.351 e. The molecule has 2 heterocycles. The second-order valence-electron chi connectivity index (χ2n) is 11.4. The van der Waals surface area contributed by atoms with Crippen molar-refractivity contribution in [1.82, 2.24) is 14.7 Å². The molecule has 0 aliphatic carbocycles. The zero-order valence-electron chi connectivity index (χ0n) is 25.0. The summed E-state index contributed by atoms with van der Waals surface area (Å²) in [7, 11) is 0. The number of rotatable bonds is 8. The third kappa shape index (κ3) is 6.04. The van der Waals surface area contributed by atoms with Crippen molar-refractivity contribution in [2.75, 3.05) is 11.9 Å². The number of aryl methyl sites for hydroxylation is 2. The van der Waals surface area contributed by atoms with E-state index in [-0.39, 0.29) is 5.92 Å². The highest BCUT2D eigenvalue weighted by Crippen LogP contribution is 2.42. The van der Waals surface area contributed by atoms with Gasteiger partial charge in [-0.15, -0.1) is 0 Å². The number of hydrogen-bond acceptors (Lipinski definition) is 3.